The van der Waals surface area contributed by atoms with Gasteiger partial charge in [0.15, 0.2) is 0 Å². The molecular formula is C18H19N7OS. The summed E-state index contributed by atoms with van der Waals surface area (Å²) in [4.78, 5) is 26.4. The minimum absolute atomic E-state index is 0.119. The van der Waals surface area contributed by atoms with Gasteiger partial charge in [-0.1, -0.05) is 18.3 Å². The highest BCUT2D eigenvalue weighted by Crippen LogP contribution is 2.16. The average Bonchev–Trinajstić information content (AvgIpc) is 3.13. The van der Waals surface area contributed by atoms with Gasteiger partial charge < -0.3 is 4.90 Å². The van der Waals surface area contributed by atoms with Gasteiger partial charge in [0.05, 0.1) is 11.3 Å². The second-order valence-corrected chi connectivity index (χ2v) is 7.45. The lowest BCUT2D eigenvalue weighted by molar-refractivity contribution is 0.246. The van der Waals surface area contributed by atoms with Crippen molar-refractivity contribution in [2.75, 3.05) is 31.1 Å². The highest BCUT2D eigenvalue weighted by Gasteiger charge is 2.19. The molecule has 3 aromatic rings. The van der Waals surface area contributed by atoms with Gasteiger partial charge in [-0.05, 0) is 18.6 Å². The Hall–Kier alpha value is -2.83. The zero-order valence-corrected chi connectivity index (χ0v) is 15.8. The maximum atomic E-state index is 12.3. The fourth-order valence-electron chi connectivity index (χ4n) is 3.12. The summed E-state index contributed by atoms with van der Waals surface area (Å²) in [5, 5.41) is 14.1. The molecule has 4 heterocycles. The summed E-state index contributed by atoms with van der Waals surface area (Å²) in [6, 6.07) is 7.35. The number of nitriles is 1. The summed E-state index contributed by atoms with van der Waals surface area (Å²) in [5.74, 6) is 0.892. The number of pyridine rings is 1. The molecule has 0 atom stereocenters. The van der Waals surface area contributed by atoms with Crippen molar-refractivity contribution in [2.24, 2.45) is 0 Å². The maximum absolute atomic E-state index is 12.3. The maximum Gasteiger partial charge on any atom is 0.275 e. The van der Waals surface area contributed by atoms with Crippen LogP contribution in [0.15, 0.2) is 29.2 Å². The van der Waals surface area contributed by atoms with E-state index in [-0.39, 0.29) is 5.56 Å². The van der Waals surface area contributed by atoms with Crippen molar-refractivity contribution in [3.05, 3.63) is 51.0 Å². The first-order valence-electron chi connectivity index (χ1n) is 8.88. The van der Waals surface area contributed by atoms with Gasteiger partial charge in [0.2, 0.25) is 4.96 Å². The highest BCUT2D eigenvalue weighted by atomic mass is 32.1. The summed E-state index contributed by atoms with van der Waals surface area (Å²) in [6.45, 7) is 6.10. The zero-order chi connectivity index (χ0) is 18.8. The second-order valence-electron chi connectivity index (χ2n) is 6.41. The lowest BCUT2D eigenvalue weighted by Gasteiger charge is -2.35. The van der Waals surface area contributed by atoms with Crippen molar-refractivity contribution in [2.45, 2.75) is 19.9 Å². The molecule has 0 radical (unpaired) electrons. The summed E-state index contributed by atoms with van der Waals surface area (Å²) < 4.78 is 1.39. The van der Waals surface area contributed by atoms with Crippen LogP contribution in [-0.2, 0) is 13.0 Å². The van der Waals surface area contributed by atoms with E-state index in [4.69, 9.17) is 5.26 Å². The van der Waals surface area contributed by atoms with Crippen LogP contribution in [0.1, 0.15) is 23.2 Å². The van der Waals surface area contributed by atoms with Gasteiger partial charge in [0, 0.05) is 45.0 Å². The van der Waals surface area contributed by atoms with Crippen molar-refractivity contribution in [1.29, 1.82) is 5.26 Å². The van der Waals surface area contributed by atoms with Crippen molar-refractivity contribution < 1.29 is 0 Å². The SMILES string of the molecule is CCc1nn2c(=O)cc(CN3CCN(c4ccc(C#N)cn4)CC3)nc2s1. The van der Waals surface area contributed by atoms with Crippen LogP contribution < -0.4 is 10.5 Å². The molecule has 9 heteroatoms. The topological polar surface area (TPSA) is 90.4 Å². The Labute approximate surface area is 160 Å². The molecule has 1 fully saturated rings. The molecule has 1 aliphatic heterocycles. The van der Waals surface area contributed by atoms with E-state index < -0.39 is 0 Å². The van der Waals surface area contributed by atoms with Gasteiger partial charge in [-0.3, -0.25) is 9.69 Å². The van der Waals surface area contributed by atoms with E-state index in [1.54, 1.807) is 18.3 Å². The van der Waals surface area contributed by atoms with Crippen LogP contribution in [0.25, 0.3) is 4.96 Å². The van der Waals surface area contributed by atoms with Gasteiger partial charge in [-0.25, -0.2) is 9.97 Å². The summed E-state index contributed by atoms with van der Waals surface area (Å²) in [6.07, 6.45) is 2.40. The number of aryl methyl sites for hydroxylation is 1. The predicted molar refractivity (Wildman–Crippen MR) is 103 cm³/mol. The molecule has 0 N–H and O–H groups in total. The van der Waals surface area contributed by atoms with Crippen molar-refractivity contribution in [3.8, 4) is 6.07 Å². The van der Waals surface area contributed by atoms with E-state index >= 15 is 0 Å². The highest BCUT2D eigenvalue weighted by molar-refractivity contribution is 7.16. The lowest BCUT2D eigenvalue weighted by atomic mass is 10.2. The smallest absolute Gasteiger partial charge is 0.275 e. The van der Waals surface area contributed by atoms with Crippen LogP contribution in [0.2, 0.25) is 0 Å². The number of anilines is 1. The molecule has 0 aromatic carbocycles. The number of hydrogen-bond acceptors (Lipinski definition) is 8. The molecule has 1 aliphatic rings. The number of rotatable bonds is 4. The molecule has 1 saturated heterocycles. The molecule has 4 rings (SSSR count). The van der Waals surface area contributed by atoms with Gasteiger partial charge in [-0.2, -0.15) is 14.9 Å². The Morgan fingerprint density at radius 2 is 2.07 bits per heavy atom. The standard InChI is InChI=1S/C18H19N7OS/c1-2-16-22-25-17(26)9-14(21-18(25)27-16)12-23-5-7-24(8-6-23)15-4-3-13(10-19)11-20-15/h3-4,9,11H,2,5-8,12H2,1H3. The van der Waals surface area contributed by atoms with E-state index in [1.165, 1.54) is 15.9 Å². The lowest BCUT2D eigenvalue weighted by Crippen LogP contribution is -2.46. The number of aromatic nitrogens is 4. The minimum atomic E-state index is -0.119. The van der Waals surface area contributed by atoms with Crippen molar-refractivity contribution in [3.63, 3.8) is 0 Å². The van der Waals surface area contributed by atoms with Crippen molar-refractivity contribution >= 4 is 22.1 Å². The number of hydrogen-bond donors (Lipinski definition) is 0. The fraction of sp³-hybridized carbons (Fsp3) is 0.389. The fourth-order valence-corrected chi connectivity index (χ4v) is 3.98. The molecule has 27 heavy (non-hydrogen) atoms. The Kier molecular flexibility index (Phi) is 4.83. The van der Waals surface area contributed by atoms with E-state index in [0.29, 0.717) is 17.1 Å². The third-order valence-electron chi connectivity index (χ3n) is 4.60. The first-order valence-corrected chi connectivity index (χ1v) is 9.70. The van der Waals surface area contributed by atoms with E-state index in [0.717, 1.165) is 49.1 Å². The summed E-state index contributed by atoms with van der Waals surface area (Å²) >= 11 is 1.47. The minimum Gasteiger partial charge on any atom is -0.354 e. The van der Waals surface area contributed by atoms with Crippen molar-refractivity contribution in [1.82, 2.24) is 24.5 Å². The van der Waals surface area contributed by atoms with Crippen LogP contribution in [0.4, 0.5) is 5.82 Å². The van der Waals surface area contributed by atoms with Crippen LogP contribution >= 0.6 is 11.3 Å². The molecular weight excluding hydrogens is 362 g/mol. The first kappa shape index (κ1) is 17.6. The molecule has 0 amide bonds. The van der Waals surface area contributed by atoms with E-state index in [1.807, 2.05) is 13.0 Å². The Morgan fingerprint density at radius 3 is 2.74 bits per heavy atom. The summed E-state index contributed by atoms with van der Waals surface area (Å²) in [7, 11) is 0. The van der Waals surface area contributed by atoms with Crippen LogP contribution in [0, 0.1) is 11.3 Å². The average molecular weight is 381 g/mol. The Morgan fingerprint density at radius 1 is 1.26 bits per heavy atom. The Bertz CT molecular complexity index is 1040. The summed E-state index contributed by atoms with van der Waals surface area (Å²) in [5.41, 5.74) is 1.24. The largest absolute Gasteiger partial charge is 0.354 e. The molecule has 0 spiro atoms. The quantitative estimate of drug-likeness (QED) is 0.673. The van der Waals surface area contributed by atoms with Gasteiger partial charge in [-0.15, -0.1) is 0 Å². The monoisotopic (exact) mass is 381 g/mol. The van der Waals surface area contributed by atoms with Gasteiger partial charge in [0.25, 0.3) is 5.56 Å². The molecule has 8 nitrogen and oxygen atoms in total. The molecule has 0 saturated carbocycles. The third-order valence-corrected chi connectivity index (χ3v) is 5.65. The molecule has 0 unspecified atom stereocenters. The van der Waals surface area contributed by atoms with E-state index in [9.17, 15) is 4.79 Å². The van der Waals surface area contributed by atoms with Gasteiger partial charge in [0.1, 0.15) is 16.9 Å². The normalized spacial score (nSPS) is 15.2. The number of nitrogens with zero attached hydrogens (tertiary/aromatic N) is 7. The number of piperazine rings is 1. The van der Waals surface area contributed by atoms with Gasteiger partial charge >= 0.3 is 0 Å². The molecule has 0 aliphatic carbocycles. The predicted octanol–water partition coefficient (Wildman–Crippen LogP) is 1.30. The Balaban J connectivity index is 1.42. The first-order chi connectivity index (χ1) is 13.2. The molecule has 138 valence electrons. The van der Waals surface area contributed by atoms with E-state index in [2.05, 4.69) is 30.9 Å². The second kappa shape index (κ2) is 7.42. The third kappa shape index (κ3) is 3.67. The van der Waals surface area contributed by atoms with Crippen LogP contribution in [-0.4, -0.2) is 50.7 Å². The molecule has 3 aromatic heterocycles. The van der Waals surface area contributed by atoms with Crippen LogP contribution in [0.3, 0.4) is 0 Å². The molecule has 0 bridgehead atoms. The zero-order valence-electron chi connectivity index (χ0n) is 15.0. The number of fused-ring (bicyclic) bond motifs is 1. The van der Waals surface area contributed by atoms with Crippen LogP contribution in [0.5, 0.6) is 0 Å².